The molecule has 44 heavy (non-hydrogen) atoms. The molecule has 8 aromatic rings. The Bertz CT molecular complexity index is 2350. The first-order valence-electron chi connectivity index (χ1n) is 14.9. The van der Waals surface area contributed by atoms with Crippen molar-refractivity contribution < 1.29 is 0 Å². The monoisotopic (exact) mass is 582 g/mol. The molecular formula is C41H30N2S. The molecule has 0 aliphatic rings. The third-order valence-corrected chi connectivity index (χ3v) is 9.53. The van der Waals surface area contributed by atoms with Crippen molar-refractivity contribution in [2.24, 2.45) is 0 Å². The van der Waals surface area contributed by atoms with Crippen LogP contribution in [0.5, 0.6) is 0 Å². The first-order valence-corrected chi connectivity index (χ1v) is 15.8. The molecular weight excluding hydrogens is 553 g/mol. The van der Waals surface area contributed by atoms with Crippen LogP contribution in [0, 0.1) is 0 Å². The molecule has 0 aliphatic carbocycles. The molecule has 0 saturated heterocycles. The summed E-state index contributed by atoms with van der Waals surface area (Å²) in [6.45, 7) is 2.05. The van der Waals surface area contributed by atoms with Gasteiger partial charge in [-0.3, -0.25) is 0 Å². The first-order chi connectivity index (χ1) is 21.7. The van der Waals surface area contributed by atoms with Crippen LogP contribution in [0.15, 0.2) is 146 Å². The Kier molecular flexibility index (Phi) is 6.40. The Hall–Kier alpha value is -5.38. The largest absolute Gasteiger partial charge is 0.390 e. The zero-order valence-electron chi connectivity index (χ0n) is 24.4. The van der Waals surface area contributed by atoms with Gasteiger partial charge in [0, 0.05) is 26.7 Å². The standard InChI is InChI=1S/C41H30N2S/c1-2-11-35-40-36(18-10-19-38(40)44-41(35)42)43(31-24-22-28(23-25-31)27-12-4-3-5-13-27)37-26-30-21-20-29-14-6-7-15-32(29)39(30)34-17-9-8-16-33(34)37/h2-26H,42H2,1H3/b11-2-. The van der Waals surface area contributed by atoms with Crippen LogP contribution in [0.2, 0.25) is 0 Å². The second-order valence-corrected chi connectivity index (χ2v) is 12.2. The Morgan fingerprint density at radius 2 is 1.25 bits per heavy atom. The number of allylic oxidation sites excluding steroid dienone is 1. The van der Waals surface area contributed by atoms with Crippen LogP contribution >= 0.6 is 11.3 Å². The lowest BCUT2D eigenvalue weighted by molar-refractivity contribution is 1.32. The van der Waals surface area contributed by atoms with Crippen molar-refractivity contribution in [1.82, 2.24) is 0 Å². The van der Waals surface area contributed by atoms with E-state index in [9.17, 15) is 0 Å². The van der Waals surface area contributed by atoms with Crippen molar-refractivity contribution in [2.75, 3.05) is 10.6 Å². The zero-order chi connectivity index (χ0) is 29.6. The Morgan fingerprint density at radius 3 is 2.05 bits per heavy atom. The van der Waals surface area contributed by atoms with E-state index in [4.69, 9.17) is 5.73 Å². The second kappa shape index (κ2) is 10.7. The molecule has 210 valence electrons. The molecule has 2 nitrogen and oxygen atoms in total. The fraction of sp³-hybridized carbons (Fsp3) is 0.0244. The second-order valence-electron chi connectivity index (χ2n) is 11.1. The van der Waals surface area contributed by atoms with Gasteiger partial charge in [0.25, 0.3) is 0 Å². The molecule has 0 atom stereocenters. The topological polar surface area (TPSA) is 29.3 Å². The summed E-state index contributed by atoms with van der Waals surface area (Å²) in [6.07, 6.45) is 4.21. The molecule has 0 radical (unpaired) electrons. The average Bonchev–Trinajstić information content (AvgIpc) is 3.40. The molecule has 0 aliphatic heterocycles. The van der Waals surface area contributed by atoms with Gasteiger partial charge in [0.05, 0.1) is 16.4 Å². The van der Waals surface area contributed by atoms with Crippen molar-refractivity contribution in [3.05, 3.63) is 151 Å². The summed E-state index contributed by atoms with van der Waals surface area (Å²) in [7, 11) is 0. The quantitative estimate of drug-likeness (QED) is 0.205. The van der Waals surface area contributed by atoms with Crippen LogP contribution in [0.3, 0.4) is 0 Å². The van der Waals surface area contributed by atoms with Gasteiger partial charge in [-0.2, -0.15) is 0 Å². The van der Waals surface area contributed by atoms with Gasteiger partial charge in [-0.1, -0.05) is 121 Å². The predicted octanol–water partition coefficient (Wildman–Crippen LogP) is 12.1. The van der Waals surface area contributed by atoms with E-state index in [0.29, 0.717) is 0 Å². The molecule has 0 spiro atoms. The third-order valence-electron chi connectivity index (χ3n) is 8.53. The van der Waals surface area contributed by atoms with Gasteiger partial charge in [-0.25, -0.2) is 0 Å². The van der Waals surface area contributed by atoms with Crippen LogP contribution in [-0.4, -0.2) is 0 Å². The lowest BCUT2D eigenvalue weighted by Crippen LogP contribution is -2.11. The number of hydrogen-bond donors (Lipinski definition) is 1. The fourth-order valence-corrected chi connectivity index (χ4v) is 7.56. The van der Waals surface area contributed by atoms with Crippen LogP contribution in [0.4, 0.5) is 22.1 Å². The number of nitrogens with two attached hydrogens (primary N) is 1. The van der Waals surface area contributed by atoms with Crippen molar-refractivity contribution in [2.45, 2.75) is 6.92 Å². The number of rotatable bonds is 5. The summed E-state index contributed by atoms with van der Waals surface area (Å²) in [5.74, 6) is 0. The molecule has 0 bridgehead atoms. The number of hydrogen-bond acceptors (Lipinski definition) is 3. The summed E-state index contributed by atoms with van der Waals surface area (Å²) in [6, 6.07) is 50.4. The van der Waals surface area contributed by atoms with E-state index in [0.717, 1.165) is 27.6 Å². The van der Waals surface area contributed by atoms with Crippen molar-refractivity contribution in [3.8, 4) is 11.1 Å². The van der Waals surface area contributed by atoms with E-state index in [1.54, 1.807) is 11.3 Å². The molecule has 0 amide bonds. The van der Waals surface area contributed by atoms with E-state index in [1.165, 1.54) is 53.5 Å². The molecule has 1 aromatic heterocycles. The number of benzene rings is 7. The summed E-state index contributed by atoms with van der Waals surface area (Å²) < 4.78 is 1.18. The van der Waals surface area contributed by atoms with Gasteiger partial charge < -0.3 is 10.6 Å². The maximum absolute atomic E-state index is 6.64. The van der Waals surface area contributed by atoms with E-state index in [1.807, 2.05) is 6.92 Å². The molecule has 0 unspecified atom stereocenters. The molecule has 0 fully saturated rings. The molecule has 3 heteroatoms. The zero-order valence-corrected chi connectivity index (χ0v) is 25.2. The lowest BCUT2D eigenvalue weighted by atomic mass is 9.94. The van der Waals surface area contributed by atoms with Gasteiger partial charge in [-0.05, 0) is 75.3 Å². The Balaban J connectivity index is 1.46. The molecule has 1 heterocycles. The van der Waals surface area contributed by atoms with E-state index >= 15 is 0 Å². The number of fused-ring (bicyclic) bond motifs is 6. The summed E-state index contributed by atoms with van der Waals surface area (Å²) in [5.41, 5.74) is 13.5. The number of thiophene rings is 1. The molecule has 2 N–H and O–H groups in total. The van der Waals surface area contributed by atoms with Crippen molar-refractivity contribution >= 4 is 81.9 Å². The van der Waals surface area contributed by atoms with Crippen molar-refractivity contribution in [1.29, 1.82) is 0 Å². The average molecular weight is 583 g/mol. The smallest absolute Gasteiger partial charge is 0.0943 e. The lowest BCUT2D eigenvalue weighted by Gasteiger charge is -2.29. The minimum Gasteiger partial charge on any atom is -0.390 e. The number of anilines is 4. The van der Waals surface area contributed by atoms with Gasteiger partial charge in [-0.15, -0.1) is 11.3 Å². The SMILES string of the molecule is C/C=C\c1c(N)sc2cccc(N(c3ccc(-c4ccccc4)cc3)c3cc4ccc5ccccc5c4c4ccccc34)c12. The minimum absolute atomic E-state index is 0.833. The van der Waals surface area contributed by atoms with Gasteiger partial charge in [0.2, 0.25) is 0 Å². The highest BCUT2D eigenvalue weighted by Crippen LogP contribution is 2.48. The van der Waals surface area contributed by atoms with Crippen LogP contribution < -0.4 is 10.6 Å². The summed E-state index contributed by atoms with van der Waals surface area (Å²) in [5, 5.41) is 9.48. The number of nitrogens with zero attached hydrogens (tertiary/aromatic N) is 1. The molecule has 0 saturated carbocycles. The van der Waals surface area contributed by atoms with Crippen molar-refractivity contribution in [3.63, 3.8) is 0 Å². The highest BCUT2D eigenvalue weighted by atomic mass is 32.1. The fourth-order valence-electron chi connectivity index (χ4n) is 6.58. The van der Waals surface area contributed by atoms with Gasteiger partial charge in [0.1, 0.15) is 0 Å². The maximum atomic E-state index is 6.64. The summed E-state index contributed by atoms with van der Waals surface area (Å²) in [4.78, 5) is 2.42. The van der Waals surface area contributed by atoms with Crippen LogP contribution in [0.25, 0.3) is 59.6 Å². The number of nitrogen functional groups attached to an aromatic ring is 1. The van der Waals surface area contributed by atoms with Crippen LogP contribution in [-0.2, 0) is 0 Å². The highest BCUT2D eigenvalue weighted by Gasteiger charge is 2.22. The predicted molar refractivity (Wildman–Crippen MR) is 194 cm³/mol. The van der Waals surface area contributed by atoms with Crippen LogP contribution in [0.1, 0.15) is 12.5 Å². The minimum atomic E-state index is 0.833. The molecule has 7 aromatic carbocycles. The first kappa shape index (κ1) is 26.3. The Morgan fingerprint density at radius 1 is 0.568 bits per heavy atom. The maximum Gasteiger partial charge on any atom is 0.0943 e. The molecule has 8 rings (SSSR count). The normalized spacial score (nSPS) is 11.8. The van der Waals surface area contributed by atoms with E-state index in [2.05, 4.69) is 157 Å². The van der Waals surface area contributed by atoms with E-state index in [-0.39, 0.29) is 0 Å². The van der Waals surface area contributed by atoms with Gasteiger partial charge in [0.15, 0.2) is 0 Å². The van der Waals surface area contributed by atoms with Gasteiger partial charge >= 0.3 is 0 Å². The van der Waals surface area contributed by atoms with E-state index < -0.39 is 0 Å². The highest BCUT2D eigenvalue weighted by molar-refractivity contribution is 7.23. The Labute approximate surface area is 260 Å². The summed E-state index contributed by atoms with van der Waals surface area (Å²) >= 11 is 1.65. The third kappa shape index (κ3) is 4.24.